The van der Waals surface area contributed by atoms with Gasteiger partial charge in [0.15, 0.2) is 0 Å². The van der Waals surface area contributed by atoms with Crippen LogP contribution in [0.2, 0.25) is 0 Å². The van der Waals surface area contributed by atoms with E-state index in [1.807, 2.05) is 0 Å². The van der Waals surface area contributed by atoms with E-state index < -0.39 is 0 Å². The van der Waals surface area contributed by atoms with Gasteiger partial charge < -0.3 is 19.9 Å². The van der Waals surface area contributed by atoms with E-state index in [1.165, 1.54) is 16.9 Å². The highest BCUT2D eigenvalue weighted by Crippen LogP contribution is 2.23. The monoisotopic (exact) mass is 313 g/mol. The van der Waals surface area contributed by atoms with E-state index in [9.17, 15) is 5.11 Å². The fourth-order valence-electron chi connectivity index (χ4n) is 3.21. The number of nitrogens with zero attached hydrogens (tertiary/aromatic N) is 2. The zero-order valence-electron chi connectivity index (χ0n) is 13.9. The molecule has 1 aromatic carbocycles. The normalized spacial score (nSPS) is 16.0. The number of aromatic nitrogens is 1. The maximum absolute atomic E-state index is 9.23. The Kier molecular flexibility index (Phi) is 5.36. The highest BCUT2D eigenvalue weighted by atomic mass is 16.3. The summed E-state index contributed by atoms with van der Waals surface area (Å²) >= 11 is 0. The maximum Gasteiger partial charge on any atom is 0.0460 e. The van der Waals surface area contributed by atoms with Crippen LogP contribution < -0.4 is 10.2 Å². The van der Waals surface area contributed by atoms with E-state index in [4.69, 9.17) is 0 Å². The van der Waals surface area contributed by atoms with Crippen LogP contribution >= 0.6 is 0 Å². The molecule has 2 N–H and O–H groups in total. The summed E-state index contributed by atoms with van der Waals surface area (Å²) in [5.74, 6) is 0.493. The lowest BCUT2D eigenvalue weighted by molar-refractivity contribution is 0.203. The molecule has 2 heterocycles. The van der Waals surface area contributed by atoms with Crippen molar-refractivity contribution < 1.29 is 5.11 Å². The number of piperidine rings is 1. The Morgan fingerprint density at radius 2 is 1.83 bits per heavy atom. The van der Waals surface area contributed by atoms with Crippen molar-refractivity contribution in [2.75, 3.05) is 24.6 Å². The molecule has 0 saturated carbocycles. The predicted octanol–water partition coefficient (Wildman–Crippen LogP) is 2.52. The Labute approximate surface area is 138 Å². The standard InChI is InChI=1S/C19H27N3O/c1-21-10-2-3-19(21)14-20-13-16-4-6-18(7-5-16)22-11-8-17(15-23)9-12-22/h2-7,10,17,20,23H,8-9,11-15H2,1H3. The van der Waals surface area contributed by atoms with Crippen LogP contribution in [0.4, 0.5) is 5.69 Å². The second-order valence-electron chi connectivity index (χ2n) is 6.49. The minimum Gasteiger partial charge on any atom is -0.396 e. The van der Waals surface area contributed by atoms with Gasteiger partial charge in [-0.25, -0.2) is 0 Å². The Morgan fingerprint density at radius 1 is 1.09 bits per heavy atom. The number of hydrogen-bond donors (Lipinski definition) is 2. The van der Waals surface area contributed by atoms with E-state index in [0.29, 0.717) is 12.5 Å². The molecule has 1 aromatic heterocycles. The highest BCUT2D eigenvalue weighted by molar-refractivity contribution is 5.48. The van der Waals surface area contributed by atoms with Gasteiger partial charge in [-0.3, -0.25) is 0 Å². The molecule has 0 amide bonds. The van der Waals surface area contributed by atoms with Crippen molar-refractivity contribution in [2.45, 2.75) is 25.9 Å². The second kappa shape index (κ2) is 7.66. The molecular formula is C19H27N3O. The molecule has 2 aromatic rings. The van der Waals surface area contributed by atoms with Gasteiger partial charge in [0.1, 0.15) is 0 Å². The van der Waals surface area contributed by atoms with E-state index in [0.717, 1.165) is 39.0 Å². The van der Waals surface area contributed by atoms with Crippen LogP contribution in [0.3, 0.4) is 0 Å². The summed E-state index contributed by atoms with van der Waals surface area (Å²) in [6, 6.07) is 13.1. The van der Waals surface area contributed by atoms with Crippen LogP contribution in [0.25, 0.3) is 0 Å². The molecule has 1 aliphatic heterocycles. The van der Waals surface area contributed by atoms with E-state index in [1.54, 1.807) is 0 Å². The maximum atomic E-state index is 9.23. The minimum absolute atomic E-state index is 0.333. The predicted molar refractivity (Wildman–Crippen MR) is 94.4 cm³/mol. The number of aliphatic hydroxyl groups is 1. The summed E-state index contributed by atoms with van der Waals surface area (Å²) in [7, 11) is 2.08. The van der Waals surface area contributed by atoms with Crippen LogP contribution in [-0.2, 0) is 20.1 Å². The van der Waals surface area contributed by atoms with E-state index in [2.05, 4.69) is 64.4 Å². The molecule has 1 fully saturated rings. The van der Waals surface area contributed by atoms with Gasteiger partial charge in [0, 0.05) is 57.4 Å². The first kappa shape index (κ1) is 16.1. The molecule has 124 valence electrons. The second-order valence-corrected chi connectivity index (χ2v) is 6.49. The quantitative estimate of drug-likeness (QED) is 0.861. The lowest BCUT2D eigenvalue weighted by Gasteiger charge is -2.33. The lowest BCUT2D eigenvalue weighted by atomic mass is 9.97. The molecule has 1 aliphatic rings. The Hall–Kier alpha value is -1.78. The summed E-state index contributed by atoms with van der Waals surface area (Å²) in [6.45, 7) is 4.21. The molecule has 1 saturated heterocycles. The zero-order chi connectivity index (χ0) is 16.1. The molecule has 0 aliphatic carbocycles. The third kappa shape index (κ3) is 4.15. The van der Waals surface area contributed by atoms with Crippen LogP contribution in [0.1, 0.15) is 24.1 Å². The van der Waals surface area contributed by atoms with Gasteiger partial charge in [0.25, 0.3) is 0 Å². The fourth-order valence-corrected chi connectivity index (χ4v) is 3.21. The number of hydrogen-bond acceptors (Lipinski definition) is 3. The molecule has 4 heteroatoms. The third-order valence-electron chi connectivity index (χ3n) is 4.86. The number of anilines is 1. The summed E-state index contributed by atoms with van der Waals surface area (Å²) in [4.78, 5) is 2.42. The van der Waals surface area contributed by atoms with Gasteiger partial charge in [-0.2, -0.15) is 0 Å². The average molecular weight is 313 g/mol. The third-order valence-corrected chi connectivity index (χ3v) is 4.86. The van der Waals surface area contributed by atoms with Crippen LogP contribution in [0.5, 0.6) is 0 Å². The molecule has 0 atom stereocenters. The molecular weight excluding hydrogens is 286 g/mol. The van der Waals surface area contributed by atoms with Crippen molar-refractivity contribution in [3.63, 3.8) is 0 Å². The Balaban J connectivity index is 1.48. The van der Waals surface area contributed by atoms with Gasteiger partial charge in [0.2, 0.25) is 0 Å². The number of aryl methyl sites for hydroxylation is 1. The van der Waals surface area contributed by atoms with Crippen molar-refractivity contribution in [1.29, 1.82) is 0 Å². The largest absolute Gasteiger partial charge is 0.396 e. The Bertz CT molecular complexity index is 597. The minimum atomic E-state index is 0.333. The molecule has 0 unspecified atom stereocenters. The fraction of sp³-hybridized carbons (Fsp3) is 0.474. The SMILES string of the molecule is Cn1cccc1CNCc1ccc(N2CCC(CO)CC2)cc1. The van der Waals surface area contributed by atoms with Crippen molar-refractivity contribution in [3.05, 3.63) is 53.9 Å². The van der Waals surface area contributed by atoms with Gasteiger partial charge in [-0.1, -0.05) is 12.1 Å². The topological polar surface area (TPSA) is 40.4 Å². The first-order valence-corrected chi connectivity index (χ1v) is 8.52. The van der Waals surface area contributed by atoms with Gasteiger partial charge in [0.05, 0.1) is 0 Å². The summed E-state index contributed by atoms with van der Waals surface area (Å²) in [5, 5.41) is 12.7. The van der Waals surface area contributed by atoms with Crippen LogP contribution in [0, 0.1) is 5.92 Å². The summed E-state index contributed by atoms with van der Waals surface area (Å²) < 4.78 is 2.14. The smallest absolute Gasteiger partial charge is 0.0460 e. The molecule has 0 radical (unpaired) electrons. The Morgan fingerprint density at radius 3 is 2.43 bits per heavy atom. The highest BCUT2D eigenvalue weighted by Gasteiger charge is 2.18. The molecule has 4 nitrogen and oxygen atoms in total. The summed E-state index contributed by atoms with van der Waals surface area (Å²) in [6.07, 6.45) is 4.26. The van der Waals surface area contributed by atoms with Crippen molar-refractivity contribution in [3.8, 4) is 0 Å². The van der Waals surface area contributed by atoms with Crippen LogP contribution in [-0.4, -0.2) is 29.4 Å². The average Bonchev–Trinajstić information content (AvgIpc) is 3.01. The molecule has 3 rings (SSSR count). The van der Waals surface area contributed by atoms with Gasteiger partial charge in [-0.15, -0.1) is 0 Å². The number of aliphatic hydroxyl groups excluding tert-OH is 1. The van der Waals surface area contributed by atoms with Gasteiger partial charge in [-0.05, 0) is 48.6 Å². The number of nitrogens with one attached hydrogen (secondary N) is 1. The van der Waals surface area contributed by atoms with Gasteiger partial charge >= 0.3 is 0 Å². The number of benzene rings is 1. The number of rotatable bonds is 6. The van der Waals surface area contributed by atoms with E-state index >= 15 is 0 Å². The van der Waals surface area contributed by atoms with E-state index in [-0.39, 0.29) is 0 Å². The van der Waals surface area contributed by atoms with Crippen molar-refractivity contribution in [1.82, 2.24) is 9.88 Å². The molecule has 0 bridgehead atoms. The zero-order valence-corrected chi connectivity index (χ0v) is 13.9. The van der Waals surface area contributed by atoms with Crippen molar-refractivity contribution >= 4 is 5.69 Å². The van der Waals surface area contributed by atoms with Crippen molar-refractivity contribution in [2.24, 2.45) is 13.0 Å². The lowest BCUT2D eigenvalue weighted by Crippen LogP contribution is -2.34. The first-order valence-electron chi connectivity index (χ1n) is 8.52. The summed E-state index contributed by atoms with van der Waals surface area (Å²) in [5.41, 5.74) is 3.91. The first-order chi connectivity index (χ1) is 11.3. The molecule has 0 spiro atoms. The van der Waals surface area contributed by atoms with Crippen LogP contribution in [0.15, 0.2) is 42.6 Å². The molecule has 23 heavy (non-hydrogen) atoms.